The first-order chi connectivity index (χ1) is 2.00. The molecule has 0 aliphatic rings. The predicted octanol–water partition coefficient (Wildman–Crippen LogP) is 1.29. The molecular formula is CuS2Zn. The molecule has 0 nitrogen and oxygen atoms in total. The third-order valence-corrected chi connectivity index (χ3v) is 0. The molecule has 0 fully saturated rings. The molecule has 0 saturated carbocycles. The van der Waals surface area contributed by atoms with Crippen LogP contribution in [0.15, 0.2) is 0 Å². The normalized spacial score (nSPS) is 3.00. The Morgan fingerprint density at radius 2 is 1.25 bits per heavy atom. The molecule has 0 saturated heterocycles. The van der Waals surface area contributed by atoms with Gasteiger partial charge in [0.2, 0.25) is 0 Å². The van der Waals surface area contributed by atoms with Crippen LogP contribution in [0.1, 0.15) is 0 Å². The van der Waals surface area contributed by atoms with Crippen LogP contribution in [-0.2, 0) is 30.9 Å². The second-order valence-corrected chi connectivity index (χ2v) is 0. The van der Waals surface area contributed by atoms with Gasteiger partial charge < -0.3 is 0 Å². The Kier molecular flexibility index (Phi) is 53.6. The number of hydrogen-bond acceptors (Lipinski definition) is 2. The summed E-state index contributed by atoms with van der Waals surface area (Å²) in [6, 6.07) is 0. The first kappa shape index (κ1) is 9.13. The van der Waals surface area contributed by atoms with Crippen molar-refractivity contribution in [2.24, 2.45) is 0 Å². The molecule has 0 bridgehead atoms. The maximum atomic E-state index is 4.21. The number of rotatable bonds is 0. The van der Waals surface area contributed by atoms with E-state index in [1.54, 1.807) is 0 Å². The summed E-state index contributed by atoms with van der Waals surface area (Å²) in [4.78, 5) is 0. The fourth-order valence-electron chi connectivity index (χ4n) is 0. The molecule has 0 rings (SSSR count). The van der Waals surface area contributed by atoms with Crippen LogP contribution in [0, 0.1) is 0 Å². The van der Waals surface area contributed by atoms with Crippen molar-refractivity contribution in [2.75, 3.05) is 0 Å². The molecule has 0 heterocycles. The Hall–Kier alpha value is 1.58. The van der Waals surface area contributed by atoms with Crippen molar-refractivity contribution in [3.63, 3.8) is 0 Å². The molecule has 0 aromatic rings. The molecule has 0 radical (unpaired) electrons. The number of hydrogen-bond donors (Lipinski definition) is 0. The quantitative estimate of drug-likeness (QED) is 0.531. The summed E-state index contributed by atoms with van der Waals surface area (Å²) in [6.45, 7) is 0. The van der Waals surface area contributed by atoms with Gasteiger partial charge in [-0.15, -0.1) is 0 Å². The van der Waals surface area contributed by atoms with Crippen LogP contribution in [-0.4, -0.2) is 0 Å². The molecular weight excluding hydrogens is 193 g/mol. The molecule has 0 atom stereocenters. The first-order valence-electron chi connectivity index (χ1n) is 0.412. The average molecular weight is 193 g/mol. The Balaban J connectivity index is 0. The van der Waals surface area contributed by atoms with Crippen molar-refractivity contribution < 1.29 is 30.9 Å². The molecule has 4 heavy (non-hydrogen) atoms. The molecule has 0 aliphatic carbocycles. The topological polar surface area (TPSA) is 0 Å². The van der Waals surface area contributed by atoms with Crippen LogP contribution in [0.3, 0.4) is 0 Å². The van der Waals surface area contributed by atoms with Crippen LogP contribution in [0.5, 0.6) is 0 Å². The molecule has 0 spiro atoms. The summed E-state index contributed by atoms with van der Waals surface area (Å²) in [5.74, 6) is 0. The van der Waals surface area contributed by atoms with E-state index in [1.807, 2.05) is 0 Å². The summed E-state index contributed by atoms with van der Waals surface area (Å²) < 4.78 is 0. The minimum atomic E-state index is 0.958. The van der Waals surface area contributed by atoms with Crippen LogP contribution >= 0.6 is 20.7 Å². The van der Waals surface area contributed by atoms with Crippen molar-refractivity contribution in [3.8, 4) is 0 Å². The average Bonchev–Trinajstić information content (AvgIpc) is 1.50. The molecule has 0 aromatic heterocycles. The maximum absolute atomic E-state index is 4.21. The van der Waals surface area contributed by atoms with Gasteiger partial charge in [-0.25, -0.2) is 0 Å². The van der Waals surface area contributed by atoms with Gasteiger partial charge in [0.15, 0.2) is 0 Å². The van der Waals surface area contributed by atoms with Crippen molar-refractivity contribution in [2.45, 2.75) is 0 Å². The summed E-state index contributed by atoms with van der Waals surface area (Å²) in [5.41, 5.74) is 0. The van der Waals surface area contributed by atoms with Gasteiger partial charge in [0.1, 0.15) is 0 Å². The van der Waals surface area contributed by atoms with Gasteiger partial charge in [0, 0.05) is 0 Å². The SMILES string of the molecule is [S]=[Cu].[S]=[Zn]. The van der Waals surface area contributed by atoms with E-state index >= 15 is 0 Å². The molecule has 0 amide bonds. The van der Waals surface area contributed by atoms with Gasteiger partial charge >= 0.3 is 51.6 Å². The fourth-order valence-corrected chi connectivity index (χ4v) is 0. The molecule has 0 aliphatic heterocycles. The molecule has 0 aromatic carbocycles. The Labute approximate surface area is 51.3 Å². The molecule has 25 valence electrons. The second kappa shape index (κ2) is 23.5. The van der Waals surface area contributed by atoms with E-state index in [9.17, 15) is 0 Å². The van der Waals surface area contributed by atoms with Crippen molar-refractivity contribution in [1.82, 2.24) is 0 Å². The summed E-state index contributed by atoms with van der Waals surface area (Å²) in [7, 11) is 7.85. The zero-order chi connectivity index (χ0) is 4.00. The fraction of sp³-hybridized carbons (Fsp3) is 0. The second-order valence-electron chi connectivity index (χ2n) is 0. The first-order valence-corrected chi connectivity index (χ1v) is 6.02. The van der Waals surface area contributed by atoms with Crippen LogP contribution in [0.2, 0.25) is 0 Å². The molecule has 0 N–H and O–H groups in total. The summed E-state index contributed by atoms with van der Waals surface area (Å²) in [6.07, 6.45) is 0. The van der Waals surface area contributed by atoms with Crippen molar-refractivity contribution >= 4 is 20.7 Å². The van der Waals surface area contributed by atoms with Crippen LogP contribution in [0.4, 0.5) is 0 Å². The van der Waals surface area contributed by atoms with E-state index in [4.69, 9.17) is 0 Å². The van der Waals surface area contributed by atoms with Gasteiger partial charge in [-0.2, -0.15) is 0 Å². The van der Waals surface area contributed by atoms with E-state index in [-0.39, 0.29) is 0 Å². The van der Waals surface area contributed by atoms with Crippen molar-refractivity contribution in [3.05, 3.63) is 0 Å². The monoisotopic (exact) mass is 191 g/mol. The van der Waals surface area contributed by atoms with E-state index in [0.717, 1.165) is 16.6 Å². The van der Waals surface area contributed by atoms with E-state index < -0.39 is 0 Å². The van der Waals surface area contributed by atoms with Gasteiger partial charge in [-0.1, -0.05) is 0 Å². The molecule has 0 unspecified atom stereocenters. The van der Waals surface area contributed by atoms with E-state index in [2.05, 4.69) is 35.1 Å². The zero-order valence-corrected chi connectivity index (χ0v) is 7.37. The van der Waals surface area contributed by atoms with Gasteiger partial charge in [0.05, 0.1) is 0 Å². The minimum absolute atomic E-state index is 0.958. The third kappa shape index (κ3) is 9.54. The Bertz CT molecular complexity index is 8.00. The van der Waals surface area contributed by atoms with E-state index in [1.165, 1.54) is 0 Å². The third-order valence-electron chi connectivity index (χ3n) is 0. The van der Waals surface area contributed by atoms with Crippen molar-refractivity contribution in [1.29, 1.82) is 0 Å². The van der Waals surface area contributed by atoms with Gasteiger partial charge in [0.25, 0.3) is 0 Å². The Morgan fingerprint density at radius 3 is 1.25 bits per heavy atom. The van der Waals surface area contributed by atoms with Gasteiger partial charge in [-0.05, 0) is 0 Å². The zero-order valence-electron chi connectivity index (χ0n) is 1.83. The standard InChI is InChI=1S/Cu.2S.Zn. The summed E-state index contributed by atoms with van der Waals surface area (Å²) >= 11 is 4.73. The van der Waals surface area contributed by atoms with Gasteiger partial charge in [-0.3, -0.25) is 0 Å². The van der Waals surface area contributed by atoms with Crippen LogP contribution < -0.4 is 0 Å². The van der Waals surface area contributed by atoms with E-state index in [0.29, 0.717) is 0 Å². The molecule has 4 heteroatoms. The summed E-state index contributed by atoms with van der Waals surface area (Å²) in [5, 5.41) is 0. The Morgan fingerprint density at radius 1 is 1.25 bits per heavy atom. The van der Waals surface area contributed by atoms with Crippen LogP contribution in [0.25, 0.3) is 0 Å². The predicted molar refractivity (Wildman–Crippen MR) is 15.2 cm³/mol.